The lowest BCUT2D eigenvalue weighted by Crippen LogP contribution is -2.36. The molecule has 0 aliphatic carbocycles. The number of amides is 3. The molecule has 0 atom stereocenters. The number of fused-ring (bicyclic) bond motifs is 1. The Morgan fingerprint density at radius 3 is 2.31 bits per heavy atom. The first-order valence-electron chi connectivity index (χ1n) is 11.3. The molecule has 0 saturated carbocycles. The summed E-state index contributed by atoms with van der Waals surface area (Å²) in [6.07, 6.45) is 1.31. The highest BCUT2D eigenvalue weighted by Gasteiger charge is 2.36. The quantitative estimate of drug-likeness (QED) is 0.365. The molecule has 198 valence electrons. The maximum atomic E-state index is 12.8. The number of nitrogens with zero attached hydrogens (tertiary/aromatic N) is 1. The van der Waals surface area contributed by atoms with Crippen LogP contribution in [0.4, 0.5) is 10.5 Å². The van der Waals surface area contributed by atoms with Crippen LogP contribution in [0.15, 0.2) is 57.9 Å². The Hall–Kier alpha value is -5.04. The molecule has 2 aliphatic rings. The highest BCUT2D eigenvalue weighted by Crippen LogP contribution is 2.35. The van der Waals surface area contributed by atoms with Gasteiger partial charge in [0.1, 0.15) is 31.3 Å². The van der Waals surface area contributed by atoms with Crippen molar-refractivity contribution < 1.29 is 48.1 Å². The third-order valence-electron chi connectivity index (χ3n) is 5.61. The van der Waals surface area contributed by atoms with E-state index in [4.69, 9.17) is 13.9 Å². The lowest BCUT2D eigenvalue weighted by Gasteiger charge is -2.19. The molecule has 3 amide bonds. The van der Waals surface area contributed by atoms with E-state index < -0.39 is 35.5 Å². The number of aromatic carboxylic acids is 2. The third-order valence-corrected chi connectivity index (χ3v) is 6.52. The van der Waals surface area contributed by atoms with Crippen molar-refractivity contribution in [1.29, 1.82) is 0 Å². The number of rotatable bonds is 7. The molecule has 0 bridgehead atoms. The zero-order valence-electron chi connectivity index (χ0n) is 19.8. The predicted octanol–water partition coefficient (Wildman–Crippen LogP) is 3.79. The van der Waals surface area contributed by atoms with Crippen molar-refractivity contribution in [2.45, 2.75) is 0 Å². The number of carbonyl (C=O) groups excluding carboxylic acids is 3. The van der Waals surface area contributed by atoms with E-state index in [2.05, 4.69) is 5.32 Å². The van der Waals surface area contributed by atoms with Gasteiger partial charge in [0.2, 0.25) is 5.91 Å². The SMILES string of the molecule is O=C(CN1C(=O)S/C(=C/c2ccc(-c3cc(C(=O)O)cc(C(=O)O)c3)o2)C1=O)Nc1ccc2c(c1)OCCO2. The van der Waals surface area contributed by atoms with Crippen LogP contribution in [0.1, 0.15) is 26.5 Å². The topological polar surface area (TPSA) is 173 Å². The van der Waals surface area contributed by atoms with Crippen LogP contribution in [0.5, 0.6) is 11.5 Å². The van der Waals surface area contributed by atoms with Crippen LogP contribution in [0.2, 0.25) is 0 Å². The fourth-order valence-corrected chi connectivity index (χ4v) is 4.65. The first kappa shape index (κ1) is 25.6. The number of furan rings is 1. The van der Waals surface area contributed by atoms with Crippen molar-refractivity contribution in [3.05, 3.63) is 70.3 Å². The van der Waals surface area contributed by atoms with Crippen LogP contribution < -0.4 is 14.8 Å². The summed E-state index contributed by atoms with van der Waals surface area (Å²) in [5, 5.41) is 20.5. The summed E-state index contributed by atoms with van der Waals surface area (Å²) in [6.45, 7) is 0.289. The molecule has 2 aliphatic heterocycles. The predicted molar refractivity (Wildman–Crippen MR) is 137 cm³/mol. The number of carbonyl (C=O) groups is 5. The summed E-state index contributed by atoms with van der Waals surface area (Å²) in [6, 6.07) is 11.3. The normalized spacial score (nSPS) is 15.5. The van der Waals surface area contributed by atoms with Gasteiger partial charge in [-0.1, -0.05) is 0 Å². The van der Waals surface area contributed by atoms with Crippen molar-refractivity contribution >= 4 is 52.5 Å². The van der Waals surface area contributed by atoms with E-state index in [1.165, 1.54) is 30.3 Å². The summed E-state index contributed by atoms with van der Waals surface area (Å²) in [7, 11) is 0. The molecule has 5 rings (SSSR count). The molecular weight excluding hydrogens is 532 g/mol. The van der Waals surface area contributed by atoms with E-state index in [-0.39, 0.29) is 33.1 Å². The summed E-state index contributed by atoms with van der Waals surface area (Å²) in [5.74, 6) is -2.56. The summed E-state index contributed by atoms with van der Waals surface area (Å²) in [5.41, 5.74) is 0.140. The third kappa shape index (κ3) is 5.48. The zero-order valence-corrected chi connectivity index (χ0v) is 20.6. The molecule has 39 heavy (non-hydrogen) atoms. The number of carboxylic acids is 2. The molecule has 3 N–H and O–H groups in total. The molecule has 3 aromatic rings. The molecule has 1 aromatic heterocycles. The van der Waals surface area contributed by atoms with Gasteiger partial charge in [-0.15, -0.1) is 0 Å². The van der Waals surface area contributed by atoms with Gasteiger partial charge in [0.05, 0.1) is 16.0 Å². The maximum absolute atomic E-state index is 12.8. The molecule has 3 heterocycles. The highest BCUT2D eigenvalue weighted by molar-refractivity contribution is 8.18. The second-order valence-corrected chi connectivity index (χ2v) is 9.28. The number of benzene rings is 2. The first-order valence-corrected chi connectivity index (χ1v) is 12.2. The maximum Gasteiger partial charge on any atom is 0.335 e. The number of anilines is 1. The smallest absolute Gasteiger partial charge is 0.335 e. The number of thioether (sulfide) groups is 1. The zero-order chi connectivity index (χ0) is 27.7. The lowest BCUT2D eigenvalue weighted by atomic mass is 10.0. The van der Waals surface area contributed by atoms with E-state index in [0.29, 0.717) is 42.2 Å². The van der Waals surface area contributed by atoms with Gasteiger partial charge in [-0.25, -0.2) is 9.59 Å². The number of carboxylic acid groups (broad SMARTS) is 2. The van der Waals surface area contributed by atoms with Crippen LogP contribution in [0.3, 0.4) is 0 Å². The fourth-order valence-electron chi connectivity index (χ4n) is 3.83. The van der Waals surface area contributed by atoms with Crippen LogP contribution in [0.25, 0.3) is 17.4 Å². The van der Waals surface area contributed by atoms with Gasteiger partial charge >= 0.3 is 11.9 Å². The summed E-state index contributed by atoms with van der Waals surface area (Å²) < 4.78 is 16.6. The average Bonchev–Trinajstić information content (AvgIpc) is 3.48. The standard InChI is InChI=1S/C26H18N2O10S/c29-22(27-16-1-3-19-20(10-16)37-6-5-36-19)12-28-23(30)21(39-26(28)35)11-17-2-4-18(38-17)13-7-14(24(31)32)9-15(8-13)25(33)34/h1-4,7-11H,5-6,12H2,(H,27,29)(H,31,32)(H,33,34)/b21-11+. The number of ether oxygens (including phenoxy) is 2. The Balaban J connectivity index is 1.29. The van der Waals surface area contributed by atoms with Crippen molar-refractivity contribution in [3.63, 3.8) is 0 Å². The first-order chi connectivity index (χ1) is 18.7. The molecule has 0 unspecified atom stereocenters. The minimum atomic E-state index is -1.31. The Labute approximate surface area is 223 Å². The van der Waals surface area contributed by atoms with Gasteiger partial charge in [0.25, 0.3) is 11.1 Å². The van der Waals surface area contributed by atoms with Crippen LogP contribution >= 0.6 is 11.8 Å². The van der Waals surface area contributed by atoms with E-state index >= 15 is 0 Å². The number of imide groups is 1. The van der Waals surface area contributed by atoms with Gasteiger partial charge in [0.15, 0.2) is 11.5 Å². The molecule has 12 nitrogen and oxygen atoms in total. The number of nitrogens with one attached hydrogen (secondary N) is 1. The molecule has 0 radical (unpaired) electrons. The molecule has 1 saturated heterocycles. The van der Waals surface area contributed by atoms with Crippen molar-refractivity contribution in [1.82, 2.24) is 4.90 Å². The Bertz CT molecular complexity index is 1540. The van der Waals surface area contributed by atoms with Gasteiger partial charge in [-0.2, -0.15) is 0 Å². The van der Waals surface area contributed by atoms with Crippen molar-refractivity contribution in [2.75, 3.05) is 25.1 Å². The Morgan fingerprint density at radius 2 is 1.62 bits per heavy atom. The second kappa shape index (κ2) is 10.4. The molecular formula is C26H18N2O10S. The molecule has 0 spiro atoms. The lowest BCUT2D eigenvalue weighted by molar-refractivity contribution is -0.127. The van der Waals surface area contributed by atoms with Crippen molar-refractivity contribution in [3.8, 4) is 22.8 Å². The second-order valence-electron chi connectivity index (χ2n) is 8.29. The summed E-state index contributed by atoms with van der Waals surface area (Å²) in [4.78, 5) is 61.4. The Morgan fingerprint density at radius 1 is 0.923 bits per heavy atom. The van der Waals surface area contributed by atoms with Crippen LogP contribution in [-0.4, -0.2) is 63.9 Å². The molecule has 13 heteroatoms. The number of hydrogen-bond donors (Lipinski definition) is 3. The molecule has 1 fully saturated rings. The fraction of sp³-hybridized carbons (Fsp3) is 0.115. The largest absolute Gasteiger partial charge is 0.486 e. The van der Waals surface area contributed by atoms with E-state index in [9.17, 15) is 34.2 Å². The Kier molecular flexibility index (Phi) is 6.81. The number of hydrogen-bond acceptors (Lipinski definition) is 9. The average molecular weight is 551 g/mol. The van der Waals surface area contributed by atoms with E-state index in [1.54, 1.807) is 18.2 Å². The van der Waals surface area contributed by atoms with Crippen LogP contribution in [-0.2, 0) is 9.59 Å². The van der Waals surface area contributed by atoms with Gasteiger partial charge in [-0.3, -0.25) is 19.3 Å². The van der Waals surface area contributed by atoms with Gasteiger partial charge < -0.3 is 29.4 Å². The van der Waals surface area contributed by atoms with Gasteiger partial charge in [0, 0.05) is 23.4 Å². The van der Waals surface area contributed by atoms with Gasteiger partial charge in [-0.05, 0) is 54.2 Å². The van der Waals surface area contributed by atoms with Crippen LogP contribution in [0, 0.1) is 0 Å². The van der Waals surface area contributed by atoms with E-state index in [0.717, 1.165) is 11.0 Å². The minimum Gasteiger partial charge on any atom is -0.486 e. The van der Waals surface area contributed by atoms with E-state index in [1.807, 2.05) is 0 Å². The molecule has 2 aromatic carbocycles. The summed E-state index contributed by atoms with van der Waals surface area (Å²) >= 11 is 0.628. The highest BCUT2D eigenvalue weighted by atomic mass is 32.2. The monoisotopic (exact) mass is 550 g/mol. The van der Waals surface area contributed by atoms with Crippen molar-refractivity contribution in [2.24, 2.45) is 0 Å². The minimum absolute atomic E-state index is 0.0125.